The number of aromatic nitrogens is 2. The van der Waals surface area contributed by atoms with E-state index in [0.717, 1.165) is 105 Å². The molecule has 0 radical (unpaired) electrons. The van der Waals surface area contributed by atoms with E-state index in [0.29, 0.717) is 0 Å². The molecular formula is C67H52N2O3. The van der Waals surface area contributed by atoms with Gasteiger partial charge in [0.25, 0.3) is 0 Å². The summed E-state index contributed by atoms with van der Waals surface area (Å²) in [4.78, 5) is 0. The third-order valence-corrected chi connectivity index (χ3v) is 14.9. The Morgan fingerprint density at radius 2 is 0.833 bits per heavy atom. The summed E-state index contributed by atoms with van der Waals surface area (Å²) >= 11 is 0. The van der Waals surface area contributed by atoms with Gasteiger partial charge in [0.1, 0.15) is 28.4 Å². The molecule has 0 saturated heterocycles. The average molecular weight is 933 g/mol. The van der Waals surface area contributed by atoms with E-state index >= 15 is 0 Å². The van der Waals surface area contributed by atoms with Gasteiger partial charge < -0.3 is 23.4 Å². The maximum absolute atomic E-state index is 11.0. The van der Waals surface area contributed by atoms with Crippen molar-refractivity contribution < 1.29 is 14.3 Å². The summed E-state index contributed by atoms with van der Waals surface area (Å²) in [6.07, 6.45) is 0. The van der Waals surface area contributed by atoms with Gasteiger partial charge in [-0.25, -0.2) is 0 Å². The number of phenols is 1. The van der Waals surface area contributed by atoms with Crippen LogP contribution in [0.3, 0.4) is 0 Å². The number of fused-ring (bicyclic) bond motifs is 9. The molecule has 0 unspecified atom stereocenters. The van der Waals surface area contributed by atoms with Crippen molar-refractivity contribution in [2.45, 2.75) is 48.5 Å². The molecule has 5 heteroatoms. The maximum atomic E-state index is 11.0. The molecule has 0 aliphatic rings. The SMILES string of the molecule is Cc1cc(C)c(-c2ccc3c(c2)c2cc(Oc4ccc5c(c4)c4cc(-c6c(C)cc(C)cc6C)ccc4n5-c4ccc5oc6ccccc6c5c4)ccc2n3-c2ccc(C)c(-c3ccccc3O)c2)c(C)c1. The first-order chi connectivity index (χ1) is 34.9. The topological polar surface area (TPSA) is 52.5 Å². The minimum absolute atomic E-state index is 0.263. The highest BCUT2D eigenvalue weighted by molar-refractivity contribution is 6.13. The van der Waals surface area contributed by atoms with Crippen LogP contribution < -0.4 is 4.74 Å². The molecule has 10 aromatic carbocycles. The Hall–Kier alpha value is -8.80. The van der Waals surface area contributed by atoms with Crippen LogP contribution in [-0.2, 0) is 0 Å². The van der Waals surface area contributed by atoms with Gasteiger partial charge in [-0.05, 0) is 207 Å². The van der Waals surface area contributed by atoms with Gasteiger partial charge in [-0.1, -0.05) is 90.0 Å². The molecule has 3 heterocycles. The zero-order valence-corrected chi connectivity index (χ0v) is 41.5. The van der Waals surface area contributed by atoms with Crippen LogP contribution in [0.25, 0.3) is 110 Å². The summed E-state index contributed by atoms with van der Waals surface area (Å²) in [6, 6.07) is 64.7. The van der Waals surface area contributed by atoms with Crippen LogP contribution in [0.5, 0.6) is 17.2 Å². The number of ether oxygens (including phenoxy) is 1. The van der Waals surface area contributed by atoms with Crippen LogP contribution in [-0.4, -0.2) is 14.2 Å². The predicted molar refractivity (Wildman–Crippen MR) is 300 cm³/mol. The van der Waals surface area contributed by atoms with Crippen molar-refractivity contribution in [1.82, 2.24) is 9.13 Å². The molecule has 0 fully saturated rings. The van der Waals surface area contributed by atoms with Crippen LogP contribution >= 0.6 is 0 Å². The van der Waals surface area contributed by atoms with Crippen molar-refractivity contribution in [3.63, 3.8) is 0 Å². The second-order valence-electron chi connectivity index (χ2n) is 19.9. The monoisotopic (exact) mass is 932 g/mol. The quantitative estimate of drug-likeness (QED) is 0.173. The molecule has 0 bridgehead atoms. The molecule has 3 aromatic heterocycles. The Labute approximate surface area is 418 Å². The summed E-state index contributed by atoms with van der Waals surface area (Å²) in [5.74, 6) is 1.77. The van der Waals surface area contributed by atoms with Gasteiger partial charge in [0.15, 0.2) is 0 Å². The first-order valence-electron chi connectivity index (χ1n) is 24.8. The lowest BCUT2D eigenvalue weighted by atomic mass is 9.93. The van der Waals surface area contributed by atoms with Crippen molar-refractivity contribution in [3.05, 3.63) is 221 Å². The van der Waals surface area contributed by atoms with Crippen molar-refractivity contribution in [1.29, 1.82) is 0 Å². The Kier molecular flexibility index (Phi) is 9.85. The zero-order valence-electron chi connectivity index (χ0n) is 41.5. The standard InChI is InChI=1S/C67H52N2O3/c1-38-28-41(4)66(42(5)29-38)45-17-23-59-54(32-45)56-36-49(21-25-61(56)68(59)47-19-16-40(3)53(34-47)51-12-8-10-14-63(51)70)71-50-22-26-62-57(37-50)55-33-46(67-43(6)30-39(2)31-44(67)7)18-24-60(55)69(62)48-20-27-65-58(35-48)52-13-9-11-15-64(52)72-65/h8-37,70H,1-7H3. The van der Waals surface area contributed by atoms with Gasteiger partial charge >= 0.3 is 0 Å². The lowest BCUT2D eigenvalue weighted by Crippen LogP contribution is -1.96. The fourth-order valence-corrected chi connectivity index (χ4v) is 12.0. The van der Waals surface area contributed by atoms with Gasteiger partial charge in [-0.3, -0.25) is 0 Å². The molecule has 13 aromatic rings. The largest absolute Gasteiger partial charge is 0.507 e. The van der Waals surface area contributed by atoms with E-state index in [1.54, 1.807) is 6.07 Å². The van der Waals surface area contributed by atoms with Gasteiger partial charge in [-0.15, -0.1) is 0 Å². The fourth-order valence-electron chi connectivity index (χ4n) is 12.0. The third-order valence-electron chi connectivity index (χ3n) is 14.9. The molecule has 0 atom stereocenters. The van der Waals surface area contributed by atoms with E-state index in [9.17, 15) is 5.11 Å². The first kappa shape index (κ1) is 43.2. The van der Waals surface area contributed by atoms with Crippen molar-refractivity contribution >= 4 is 65.6 Å². The van der Waals surface area contributed by atoms with Crippen LogP contribution in [0.4, 0.5) is 0 Å². The van der Waals surface area contributed by atoms with E-state index in [2.05, 4.69) is 203 Å². The highest BCUT2D eigenvalue weighted by atomic mass is 16.5. The number of benzene rings is 10. The fraction of sp³-hybridized carbons (Fsp3) is 0.104. The van der Waals surface area contributed by atoms with E-state index in [-0.39, 0.29) is 5.75 Å². The number of aromatic hydroxyl groups is 1. The Bertz CT molecular complexity index is 4360. The van der Waals surface area contributed by atoms with Crippen molar-refractivity contribution in [3.8, 4) is 62.0 Å². The van der Waals surface area contributed by atoms with Crippen LogP contribution in [0.1, 0.15) is 38.9 Å². The molecule has 0 spiro atoms. The van der Waals surface area contributed by atoms with Crippen molar-refractivity contribution in [2.24, 2.45) is 0 Å². The number of furan rings is 1. The lowest BCUT2D eigenvalue weighted by Gasteiger charge is -2.14. The first-order valence-corrected chi connectivity index (χ1v) is 24.8. The average Bonchev–Trinajstić information content (AvgIpc) is 4.00. The molecular weight excluding hydrogens is 881 g/mol. The summed E-state index contributed by atoms with van der Waals surface area (Å²) < 4.78 is 18.0. The van der Waals surface area contributed by atoms with E-state index in [4.69, 9.17) is 9.15 Å². The predicted octanol–water partition coefficient (Wildman–Crippen LogP) is 18.4. The van der Waals surface area contributed by atoms with E-state index in [1.807, 2.05) is 30.3 Å². The van der Waals surface area contributed by atoms with Crippen molar-refractivity contribution in [2.75, 3.05) is 0 Å². The number of nitrogens with zero attached hydrogens (tertiary/aromatic N) is 2. The van der Waals surface area contributed by atoms with E-state index < -0.39 is 0 Å². The molecule has 0 aliphatic carbocycles. The highest BCUT2D eigenvalue weighted by Crippen LogP contribution is 2.43. The molecule has 348 valence electrons. The molecule has 0 amide bonds. The normalized spacial score (nSPS) is 11.9. The molecule has 0 saturated carbocycles. The molecule has 72 heavy (non-hydrogen) atoms. The minimum atomic E-state index is 0.263. The summed E-state index contributed by atoms with van der Waals surface area (Å²) in [5.41, 5.74) is 23.6. The van der Waals surface area contributed by atoms with Gasteiger partial charge in [0.2, 0.25) is 0 Å². The number of phenolic OH excluding ortho intramolecular Hbond substituents is 1. The molecule has 5 nitrogen and oxygen atoms in total. The second-order valence-corrected chi connectivity index (χ2v) is 19.9. The minimum Gasteiger partial charge on any atom is -0.507 e. The number of rotatable bonds is 7. The molecule has 13 rings (SSSR count). The Balaban J connectivity index is 0.984. The van der Waals surface area contributed by atoms with Gasteiger partial charge in [0, 0.05) is 49.3 Å². The zero-order chi connectivity index (χ0) is 49.1. The van der Waals surface area contributed by atoms with Crippen LogP contribution in [0, 0.1) is 48.5 Å². The number of aryl methyl sites for hydroxylation is 7. The molecule has 1 N–H and O–H groups in total. The second kappa shape index (κ2) is 16.4. The lowest BCUT2D eigenvalue weighted by molar-refractivity contribution is 0.477. The van der Waals surface area contributed by atoms with Gasteiger partial charge in [0.05, 0.1) is 22.1 Å². The summed E-state index contributed by atoms with van der Waals surface area (Å²) in [5, 5.41) is 17.7. The summed E-state index contributed by atoms with van der Waals surface area (Å²) in [7, 11) is 0. The maximum Gasteiger partial charge on any atom is 0.135 e. The number of hydrogen-bond donors (Lipinski definition) is 1. The summed E-state index contributed by atoms with van der Waals surface area (Å²) in [6.45, 7) is 15.3. The number of hydrogen-bond acceptors (Lipinski definition) is 3. The molecule has 0 aliphatic heterocycles. The van der Waals surface area contributed by atoms with Gasteiger partial charge in [-0.2, -0.15) is 0 Å². The highest BCUT2D eigenvalue weighted by Gasteiger charge is 2.21. The Morgan fingerprint density at radius 3 is 1.40 bits per heavy atom. The smallest absolute Gasteiger partial charge is 0.135 e. The van der Waals surface area contributed by atoms with Crippen LogP contribution in [0.15, 0.2) is 186 Å². The number of para-hydroxylation sites is 2. The third kappa shape index (κ3) is 6.91. The Morgan fingerprint density at radius 1 is 0.361 bits per heavy atom. The van der Waals surface area contributed by atoms with E-state index in [1.165, 1.54) is 55.6 Å². The van der Waals surface area contributed by atoms with Crippen LogP contribution in [0.2, 0.25) is 0 Å².